The zero-order chi connectivity index (χ0) is 12.7. The van der Waals surface area contributed by atoms with Crippen LogP contribution >= 0.6 is 11.3 Å². The van der Waals surface area contributed by atoms with Gasteiger partial charge in [0.1, 0.15) is 17.6 Å². The molecule has 3 rings (SSSR count). The van der Waals surface area contributed by atoms with E-state index in [4.69, 9.17) is 15.1 Å². The number of nitrogens with zero attached hydrogens (tertiary/aromatic N) is 3. The number of nitriles is 1. The van der Waals surface area contributed by atoms with Crippen LogP contribution in [0.25, 0.3) is 11.3 Å². The second-order valence-electron chi connectivity index (χ2n) is 3.71. The molecule has 0 saturated heterocycles. The second kappa shape index (κ2) is 3.85. The summed E-state index contributed by atoms with van der Waals surface area (Å²) in [6.07, 6.45) is 1.49. The molecular formula is C11H7N3O3S. The van der Waals surface area contributed by atoms with Gasteiger partial charge in [-0.3, -0.25) is 4.68 Å². The van der Waals surface area contributed by atoms with Crippen molar-refractivity contribution in [3.05, 3.63) is 22.7 Å². The van der Waals surface area contributed by atoms with Crippen LogP contribution in [0.4, 0.5) is 0 Å². The van der Waals surface area contributed by atoms with Gasteiger partial charge in [-0.05, 0) is 6.07 Å². The molecule has 0 atom stereocenters. The molecule has 0 aromatic carbocycles. The normalized spacial score (nSPS) is 12.8. The van der Waals surface area contributed by atoms with Gasteiger partial charge >= 0.3 is 5.97 Å². The van der Waals surface area contributed by atoms with Gasteiger partial charge in [0.25, 0.3) is 0 Å². The Kier molecular flexibility index (Phi) is 2.31. The molecule has 2 aromatic heterocycles. The highest BCUT2D eigenvalue weighted by atomic mass is 32.1. The lowest BCUT2D eigenvalue weighted by Crippen LogP contribution is -2.06. The van der Waals surface area contributed by atoms with Gasteiger partial charge < -0.3 is 9.84 Å². The van der Waals surface area contributed by atoms with Crippen molar-refractivity contribution in [2.45, 2.75) is 6.54 Å². The van der Waals surface area contributed by atoms with Gasteiger partial charge in [-0.15, -0.1) is 0 Å². The van der Waals surface area contributed by atoms with Gasteiger partial charge in [-0.1, -0.05) is 11.3 Å². The molecule has 1 N–H and O–H groups in total. The molecule has 3 heterocycles. The van der Waals surface area contributed by atoms with Crippen LogP contribution in [0, 0.1) is 11.3 Å². The number of hydrogen-bond donors (Lipinski definition) is 1. The predicted molar refractivity (Wildman–Crippen MR) is 62.7 cm³/mol. The highest BCUT2D eigenvalue weighted by molar-refractivity contribution is 7.16. The van der Waals surface area contributed by atoms with Crippen molar-refractivity contribution in [3.63, 3.8) is 0 Å². The summed E-state index contributed by atoms with van der Waals surface area (Å²) in [6.45, 7) is 0.951. The maximum Gasteiger partial charge on any atom is 0.346 e. The SMILES string of the molecule is N#Cc1cnn2c1-c1cc(C(=O)O)sc1OCC2. The first-order valence-electron chi connectivity index (χ1n) is 5.17. The van der Waals surface area contributed by atoms with E-state index < -0.39 is 5.97 Å². The molecule has 1 aliphatic heterocycles. The zero-order valence-corrected chi connectivity index (χ0v) is 9.90. The molecule has 0 bridgehead atoms. The van der Waals surface area contributed by atoms with Gasteiger partial charge in [0.05, 0.1) is 29.6 Å². The van der Waals surface area contributed by atoms with Crippen LogP contribution in [-0.4, -0.2) is 27.5 Å². The molecule has 0 radical (unpaired) electrons. The molecule has 0 aliphatic carbocycles. The molecule has 0 spiro atoms. The average molecular weight is 261 g/mol. The number of aromatic carboxylic acids is 1. The third-order valence-corrected chi connectivity index (χ3v) is 3.70. The van der Waals surface area contributed by atoms with Gasteiger partial charge in [0, 0.05) is 0 Å². The Labute approximate surface area is 106 Å². The van der Waals surface area contributed by atoms with Crippen LogP contribution in [0.15, 0.2) is 12.3 Å². The fraction of sp³-hybridized carbons (Fsp3) is 0.182. The number of carboxylic acid groups (broad SMARTS) is 1. The molecule has 90 valence electrons. The molecule has 18 heavy (non-hydrogen) atoms. The Morgan fingerprint density at radius 1 is 1.67 bits per heavy atom. The molecule has 0 saturated carbocycles. The average Bonchev–Trinajstić information content (AvgIpc) is 2.90. The van der Waals surface area contributed by atoms with E-state index in [1.165, 1.54) is 12.3 Å². The first kappa shape index (κ1) is 10.8. The molecule has 6 nitrogen and oxygen atoms in total. The maximum atomic E-state index is 11.0. The van der Waals surface area contributed by atoms with Crippen molar-refractivity contribution in [2.75, 3.05) is 6.61 Å². The fourth-order valence-electron chi connectivity index (χ4n) is 1.90. The smallest absolute Gasteiger partial charge is 0.346 e. The summed E-state index contributed by atoms with van der Waals surface area (Å²) >= 11 is 1.07. The van der Waals surface area contributed by atoms with Gasteiger partial charge in [-0.2, -0.15) is 10.4 Å². The summed E-state index contributed by atoms with van der Waals surface area (Å²) in [7, 11) is 0. The minimum atomic E-state index is -0.999. The molecular weight excluding hydrogens is 254 g/mol. The van der Waals surface area contributed by atoms with Crippen molar-refractivity contribution >= 4 is 17.3 Å². The number of carboxylic acids is 1. The number of aromatic nitrogens is 2. The molecule has 7 heteroatoms. The van der Waals surface area contributed by atoms with Crippen LogP contribution < -0.4 is 4.74 Å². The molecule has 0 amide bonds. The summed E-state index contributed by atoms with van der Waals surface area (Å²) in [6, 6.07) is 3.59. The third kappa shape index (κ3) is 1.47. The molecule has 1 aliphatic rings. The topological polar surface area (TPSA) is 88.1 Å². The van der Waals surface area contributed by atoms with E-state index in [1.54, 1.807) is 4.68 Å². The number of thiophene rings is 1. The van der Waals surface area contributed by atoms with E-state index in [2.05, 4.69) is 11.2 Å². The Morgan fingerprint density at radius 2 is 2.50 bits per heavy atom. The highest BCUT2D eigenvalue weighted by Gasteiger charge is 2.24. The summed E-state index contributed by atoms with van der Waals surface area (Å²) in [5, 5.41) is 22.7. The third-order valence-electron chi connectivity index (χ3n) is 2.66. The first-order valence-corrected chi connectivity index (χ1v) is 5.98. The standard InChI is InChI=1S/C11H7N3O3S/c12-4-6-5-13-14-1-2-17-11-7(9(6)14)3-8(18-11)10(15)16/h3,5H,1-2H2,(H,15,16). The van der Waals surface area contributed by atoms with E-state index in [1.807, 2.05) is 0 Å². The van der Waals surface area contributed by atoms with E-state index in [-0.39, 0.29) is 4.88 Å². The van der Waals surface area contributed by atoms with Crippen molar-refractivity contribution in [1.82, 2.24) is 9.78 Å². The zero-order valence-electron chi connectivity index (χ0n) is 9.08. The summed E-state index contributed by atoms with van der Waals surface area (Å²) < 4.78 is 7.17. The van der Waals surface area contributed by atoms with Gasteiger partial charge in [0.2, 0.25) is 0 Å². The number of rotatable bonds is 1. The quantitative estimate of drug-likeness (QED) is 0.841. The number of fused-ring (bicyclic) bond motifs is 3. The van der Waals surface area contributed by atoms with E-state index in [0.717, 1.165) is 11.3 Å². The van der Waals surface area contributed by atoms with Crippen LogP contribution in [0.2, 0.25) is 0 Å². The predicted octanol–water partition coefficient (Wildman–Crippen LogP) is 1.57. The Balaban J connectivity index is 2.26. The van der Waals surface area contributed by atoms with Gasteiger partial charge in [0.15, 0.2) is 5.06 Å². The molecule has 0 fully saturated rings. The summed E-state index contributed by atoms with van der Waals surface area (Å²) in [5.41, 5.74) is 1.69. The fourth-order valence-corrected chi connectivity index (χ4v) is 2.77. The lowest BCUT2D eigenvalue weighted by atomic mass is 10.1. The highest BCUT2D eigenvalue weighted by Crippen LogP contribution is 2.41. The lowest BCUT2D eigenvalue weighted by Gasteiger charge is -2.00. The van der Waals surface area contributed by atoms with Crippen LogP contribution in [-0.2, 0) is 6.54 Å². The molecule has 2 aromatic rings. The van der Waals surface area contributed by atoms with Crippen LogP contribution in [0.1, 0.15) is 15.2 Å². The largest absolute Gasteiger partial charge is 0.481 e. The van der Waals surface area contributed by atoms with Crippen molar-refractivity contribution < 1.29 is 14.6 Å². The van der Waals surface area contributed by atoms with Crippen LogP contribution in [0.5, 0.6) is 5.06 Å². The Morgan fingerprint density at radius 3 is 3.22 bits per heavy atom. The van der Waals surface area contributed by atoms with Crippen molar-refractivity contribution in [3.8, 4) is 22.4 Å². The Hall–Kier alpha value is -2.33. The van der Waals surface area contributed by atoms with E-state index in [9.17, 15) is 4.79 Å². The number of ether oxygens (including phenoxy) is 1. The summed E-state index contributed by atoms with van der Waals surface area (Å²) in [5.74, 6) is -0.999. The number of carbonyl (C=O) groups is 1. The van der Waals surface area contributed by atoms with Crippen molar-refractivity contribution in [2.24, 2.45) is 0 Å². The minimum absolute atomic E-state index is 0.193. The number of hydrogen-bond acceptors (Lipinski definition) is 5. The second-order valence-corrected chi connectivity index (χ2v) is 4.72. The van der Waals surface area contributed by atoms with Gasteiger partial charge in [-0.25, -0.2) is 4.79 Å². The summed E-state index contributed by atoms with van der Waals surface area (Å²) in [4.78, 5) is 11.2. The minimum Gasteiger partial charge on any atom is -0.481 e. The molecule has 0 unspecified atom stereocenters. The first-order chi connectivity index (χ1) is 8.70. The van der Waals surface area contributed by atoms with Crippen molar-refractivity contribution in [1.29, 1.82) is 5.26 Å². The monoisotopic (exact) mass is 261 g/mol. The van der Waals surface area contributed by atoms with E-state index in [0.29, 0.717) is 35.0 Å². The lowest BCUT2D eigenvalue weighted by molar-refractivity contribution is 0.0702. The van der Waals surface area contributed by atoms with Crippen LogP contribution in [0.3, 0.4) is 0 Å². The Bertz CT molecular complexity index is 680. The maximum absolute atomic E-state index is 11.0. The van der Waals surface area contributed by atoms with E-state index >= 15 is 0 Å².